The smallest absolute Gasteiger partial charge is 0.338 e. The predicted octanol–water partition coefficient (Wildman–Crippen LogP) is 1.57. The van der Waals surface area contributed by atoms with Gasteiger partial charge in [-0.2, -0.15) is 0 Å². The molecule has 0 aromatic rings. The second kappa shape index (κ2) is 7.31. The van der Waals surface area contributed by atoms with Gasteiger partial charge < -0.3 is 23.7 Å². The Balaban J connectivity index is 0.000000231. The quantitative estimate of drug-likeness (QED) is 0.568. The van der Waals surface area contributed by atoms with Crippen molar-refractivity contribution < 1.29 is 42.1 Å². The summed E-state index contributed by atoms with van der Waals surface area (Å²) < 4.78 is 43.1. The highest BCUT2D eigenvalue weighted by Gasteiger charge is 2.42. The number of aldehydes is 1. The summed E-state index contributed by atoms with van der Waals surface area (Å²) in [7, 11) is 0. The summed E-state index contributed by atoms with van der Waals surface area (Å²) in [6.07, 6.45) is -4.24. The average Bonchev–Trinajstić information content (AvgIpc) is 2.75. The van der Waals surface area contributed by atoms with Crippen molar-refractivity contribution in [2.45, 2.75) is 70.7 Å². The molecule has 2 heterocycles. The molecule has 0 aromatic heterocycles. The first-order valence-corrected chi connectivity index (χ1v) is 6.99. The Hall–Kier alpha value is -1.61. The number of carbonyl (C=O) groups excluding carboxylic acids is 3. The fourth-order valence-corrected chi connectivity index (χ4v) is 1.98. The Bertz CT molecular complexity index is 462. The van der Waals surface area contributed by atoms with Crippen molar-refractivity contribution in [2.75, 3.05) is 0 Å². The number of hydrogen-bond donors (Lipinski definition) is 0. The van der Waals surface area contributed by atoms with Crippen LogP contribution in [-0.4, -0.2) is 48.4 Å². The molecule has 0 N–H and O–H groups in total. The first-order valence-electron chi connectivity index (χ1n) is 6.99. The molecule has 2 rings (SSSR count). The van der Waals surface area contributed by atoms with Crippen molar-refractivity contribution in [3.8, 4) is 0 Å². The fraction of sp³-hybridized carbons (Fsp3) is 0.786. The maximum atomic E-state index is 11.8. The van der Waals surface area contributed by atoms with E-state index in [1.165, 1.54) is 13.8 Å². The lowest BCUT2D eigenvalue weighted by molar-refractivity contribution is -0.162. The van der Waals surface area contributed by atoms with E-state index in [-0.39, 0.29) is 6.42 Å². The van der Waals surface area contributed by atoms with E-state index in [0.717, 1.165) is 0 Å². The number of rotatable bonds is 4. The highest BCUT2D eigenvalue weighted by Crippen LogP contribution is 2.27. The summed E-state index contributed by atoms with van der Waals surface area (Å²) in [5, 5.41) is 0. The molecule has 0 spiro atoms. The average molecular weight is 338 g/mol. The predicted molar refractivity (Wildman–Crippen MR) is 71.4 cm³/mol. The molecule has 0 aromatic carbocycles. The Morgan fingerprint density at radius 2 is 1.43 bits per heavy atom. The van der Waals surface area contributed by atoms with Gasteiger partial charge in [-0.15, -0.1) is 0 Å². The van der Waals surface area contributed by atoms with Crippen LogP contribution in [0.1, 0.15) is 40.5 Å². The Morgan fingerprint density at radius 1 is 1.00 bits per heavy atom. The van der Waals surface area contributed by atoms with Gasteiger partial charge in [0.25, 0.3) is 0 Å². The standard InChI is InChI=1S/C7H10F2O3.C7H10O4/c1-7(2)11-4(3-5(8)9)6(10)12-7;1-7(2)10-5(3-4-8)6(9)11-7/h4-5H,3H2,1-2H3;4-5H,3H2,1-2H3/t4-;5-/m00/s1. The summed E-state index contributed by atoms with van der Waals surface area (Å²) in [4.78, 5) is 31.7. The van der Waals surface area contributed by atoms with E-state index < -0.39 is 48.6 Å². The SMILES string of the molecule is CC1(C)OC(=O)[C@H](CC(F)F)O1.CC1(C)OC(=O)[C@H](CC=O)O1. The van der Waals surface area contributed by atoms with Gasteiger partial charge in [0.1, 0.15) is 6.29 Å². The number of esters is 2. The van der Waals surface area contributed by atoms with Gasteiger partial charge >= 0.3 is 11.9 Å². The summed E-state index contributed by atoms with van der Waals surface area (Å²) >= 11 is 0. The van der Waals surface area contributed by atoms with Gasteiger partial charge in [0, 0.05) is 40.5 Å². The molecule has 0 aliphatic carbocycles. The molecular weight excluding hydrogens is 318 g/mol. The number of carbonyl (C=O) groups is 3. The Kier molecular flexibility index (Phi) is 6.18. The first-order chi connectivity index (χ1) is 10.5. The Morgan fingerprint density at radius 3 is 1.74 bits per heavy atom. The van der Waals surface area contributed by atoms with Crippen molar-refractivity contribution in [2.24, 2.45) is 0 Å². The third-order valence-electron chi connectivity index (χ3n) is 2.77. The van der Waals surface area contributed by atoms with Crippen molar-refractivity contribution in [3.05, 3.63) is 0 Å². The molecule has 0 amide bonds. The monoisotopic (exact) mass is 338 g/mol. The van der Waals surface area contributed by atoms with E-state index in [0.29, 0.717) is 6.29 Å². The molecule has 23 heavy (non-hydrogen) atoms. The minimum absolute atomic E-state index is 0.0717. The lowest BCUT2D eigenvalue weighted by atomic mass is 10.3. The molecule has 0 unspecified atom stereocenters. The van der Waals surface area contributed by atoms with Crippen LogP contribution in [0.3, 0.4) is 0 Å². The third kappa shape index (κ3) is 6.19. The minimum Gasteiger partial charge on any atom is -0.432 e. The molecule has 0 bridgehead atoms. The molecule has 132 valence electrons. The van der Waals surface area contributed by atoms with Gasteiger partial charge in [-0.25, -0.2) is 18.4 Å². The zero-order chi connectivity index (χ0) is 17.8. The van der Waals surface area contributed by atoms with E-state index >= 15 is 0 Å². The molecule has 2 aliphatic heterocycles. The second-order valence-electron chi connectivity index (χ2n) is 5.88. The van der Waals surface area contributed by atoms with Gasteiger partial charge in [-0.3, -0.25) is 0 Å². The van der Waals surface area contributed by atoms with Crippen LogP contribution in [-0.2, 0) is 33.3 Å². The molecular formula is C14H20F2O7. The molecule has 7 nitrogen and oxygen atoms in total. The van der Waals surface area contributed by atoms with Gasteiger partial charge in [0.05, 0.1) is 0 Å². The van der Waals surface area contributed by atoms with Gasteiger partial charge in [0.2, 0.25) is 18.0 Å². The molecule has 2 saturated heterocycles. The van der Waals surface area contributed by atoms with Crippen LogP contribution < -0.4 is 0 Å². The third-order valence-corrected chi connectivity index (χ3v) is 2.77. The number of hydrogen-bond acceptors (Lipinski definition) is 7. The number of alkyl halides is 2. The lowest BCUT2D eigenvalue weighted by Crippen LogP contribution is -2.22. The first kappa shape index (κ1) is 19.4. The Labute approximate surface area is 132 Å². The topological polar surface area (TPSA) is 88.1 Å². The van der Waals surface area contributed by atoms with Crippen LogP contribution >= 0.6 is 0 Å². The van der Waals surface area contributed by atoms with Crippen LogP contribution in [0.15, 0.2) is 0 Å². The number of cyclic esters (lactones) is 2. The minimum atomic E-state index is -2.54. The summed E-state index contributed by atoms with van der Waals surface area (Å²) in [6, 6.07) is 0. The second-order valence-corrected chi connectivity index (χ2v) is 5.88. The van der Waals surface area contributed by atoms with E-state index in [1.807, 2.05) is 0 Å². The molecule has 0 radical (unpaired) electrons. The van der Waals surface area contributed by atoms with Gasteiger partial charge in [-0.1, -0.05) is 0 Å². The van der Waals surface area contributed by atoms with Gasteiger partial charge in [-0.05, 0) is 0 Å². The van der Waals surface area contributed by atoms with E-state index in [9.17, 15) is 23.2 Å². The number of ether oxygens (including phenoxy) is 4. The van der Waals surface area contributed by atoms with Crippen LogP contribution in [0.5, 0.6) is 0 Å². The molecule has 9 heteroatoms. The van der Waals surface area contributed by atoms with Crippen molar-refractivity contribution in [1.29, 1.82) is 0 Å². The molecule has 2 fully saturated rings. The zero-order valence-electron chi connectivity index (χ0n) is 13.3. The highest BCUT2D eigenvalue weighted by molar-refractivity contribution is 5.79. The largest absolute Gasteiger partial charge is 0.432 e. The molecule has 0 saturated carbocycles. The molecule has 2 aliphatic rings. The summed E-state index contributed by atoms with van der Waals surface area (Å²) in [5.74, 6) is -3.09. The van der Waals surface area contributed by atoms with Crippen molar-refractivity contribution in [3.63, 3.8) is 0 Å². The summed E-state index contributed by atoms with van der Waals surface area (Å²) in [6.45, 7) is 6.29. The molecule has 2 atom stereocenters. The normalized spacial score (nSPS) is 28.0. The maximum absolute atomic E-state index is 11.8. The van der Waals surface area contributed by atoms with Crippen LogP contribution in [0.25, 0.3) is 0 Å². The van der Waals surface area contributed by atoms with E-state index in [4.69, 9.17) is 14.2 Å². The van der Waals surface area contributed by atoms with Crippen LogP contribution in [0.2, 0.25) is 0 Å². The maximum Gasteiger partial charge on any atom is 0.338 e. The van der Waals surface area contributed by atoms with Crippen LogP contribution in [0.4, 0.5) is 8.78 Å². The zero-order valence-corrected chi connectivity index (χ0v) is 13.3. The fourth-order valence-electron chi connectivity index (χ4n) is 1.98. The van der Waals surface area contributed by atoms with Gasteiger partial charge in [0.15, 0.2) is 12.2 Å². The van der Waals surface area contributed by atoms with Crippen molar-refractivity contribution in [1.82, 2.24) is 0 Å². The van der Waals surface area contributed by atoms with E-state index in [1.54, 1.807) is 13.8 Å². The van der Waals surface area contributed by atoms with Crippen LogP contribution in [0, 0.1) is 0 Å². The summed E-state index contributed by atoms with van der Waals surface area (Å²) in [5.41, 5.74) is 0. The van der Waals surface area contributed by atoms with E-state index in [2.05, 4.69) is 4.74 Å². The van der Waals surface area contributed by atoms with Crippen molar-refractivity contribution >= 4 is 18.2 Å². The number of halogens is 2. The lowest BCUT2D eigenvalue weighted by Gasteiger charge is -2.14. The highest BCUT2D eigenvalue weighted by atomic mass is 19.3.